The van der Waals surface area contributed by atoms with E-state index in [0.29, 0.717) is 18.6 Å². The van der Waals surface area contributed by atoms with E-state index in [0.717, 1.165) is 29.6 Å². The van der Waals surface area contributed by atoms with Crippen LogP contribution in [0.4, 0.5) is 13.2 Å². The number of alkyl halides is 3. The number of aromatic amines is 1. The molecule has 1 aliphatic heterocycles. The van der Waals surface area contributed by atoms with Gasteiger partial charge in [0.1, 0.15) is 0 Å². The first-order valence-electron chi connectivity index (χ1n) is 10.0. The van der Waals surface area contributed by atoms with Crippen LogP contribution in [-0.4, -0.2) is 39.9 Å². The van der Waals surface area contributed by atoms with Crippen LogP contribution in [0, 0.1) is 0 Å². The van der Waals surface area contributed by atoms with Gasteiger partial charge < -0.3 is 14.5 Å². The van der Waals surface area contributed by atoms with Gasteiger partial charge in [-0.25, -0.2) is 0 Å². The van der Waals surface area contributed by atoms with Gasteiger partial charge in [-0.05, 0) is 42.3 Å². The Hall–Kier alpha value is -3.62. The summed E-state index contributed by atoms with van der Waals surface area (Å²) in [6, 6.07) is 9.72. The number of likely N-dealkylation sites (N-methyl/N-ethyl adjacent to an activating group) is 1. The summed E-state index contributed by atoms with van der Waals surface area (Å²) in [4.78, 5) is 33.8. The first kappa shape index (κ1) is 21.6. The van der Waals surface area contributed by atoms with Crippen molar-refractivity contribution in [3.63, 3.8) is 0 Å². The molecule has 0 saturated carbocycles. The number of H-pyrrole nitrogens is 1. The van der Waals surface area contributed by atoms with Crippen LogP contribution in [0.5, 0.6) is 0 Å². The lowest BCUT2D eigenvalue weighted by Crippen LogP contribution is -2.21. The highest BCUT2D eigenvalue weighted by Gasteiger charge is 2.31. The van der Waals surface area contributed by atoms with Crippen LogP contribution in [-0.2, 0) is 17.5 Å². The van der Waals surface area contributed by atoms with Gasteiger partial charge in [0.05, 0.1) is 22.5 Å². The Bertz CT molecular complexity index is 1290. The number of hydrogen-bond acceptors (Lipinski definition) is 2. The number of carbonyl (C=O) groups excluding carboxylic acids is 2. The minimum atomic E-state index is -4.55. The zero-order valence-corrected chi connectivity index (χ0v) is 17.3. The molecule has 9 heteroatoms. The van der Waals surface area contributed by atoms with E-state index in [1.54, 1.807) is 22.6 Å². The number of allylic oxidation sites excluding steroid dienone is 1. The molecule has 6 nitrogen and oxygen atoms in total. The molecular formula is C23H21F3N4O2. The maximum Gasteiger partial charge on any atom is 0.416 e. The number of carbonyl (C=O) groups is 2. The van der Waals surface area contributed by atoms with Crippen molar-refractivity contribution < 1.29 is 22.8 Å². The molecule has 1 saturated heterocycles. The Balaban J connectivity index is 1.77. The molecule has 166 valence electrons. The van der Waals surface area contributed by atoms with Crippen LogP contribution < -0.4 is 5.62 Å². The van der Waals surface area contributed by atoms with Crippen molar-refractivity contribution in [2.75, 3.05) is 13.6 Å². The molecule has 1 atom stereocenters. The third-order valence-corrected chi connectivity index (χ3v) is 5.60. The average Bonchev–Trinajstić information content (AvgIpc) is 3.27. The molecule has 0 aliphatic carbocycles. The number of imidazole rings is 1. The Kier molecular flexibility index (Phi) is 5.50. The van der Waals surface area contributed by atoms with Gasteiger partial charge in [0.25, 0.3) is 5.91 Å². The van der Waals surface area contributed by atoms with Gasteiger partial charge in [0.15, 0.2) is 0 Å². The van der Waals surface area contributed by atoms with Gasteiger partial charge in [-0.3, -0.25) is 9.59 Å². The zero-order chi connectivity index (χ0) is 23.0. The maximum atomic E-state index is 13.0. The number of rotatable bonds is 4. The molecule has 1 fully saturated rings. The number of halogens is 3. The van der Waals surface area contributed by atoms with E-state index >= 15 is 0 Å². The predicted molar refractivity (Wildman–Crippen MR) is 113 cm³/mol. The Morgan fingerprint density at radius 2 is 2.06 bits per heavy atom. The minimum Gasteiger partial charge on any atom is -0.345 e. The molecule has 32 heavy (non-hydrogen) atoms. The summed E-state index contributed by atoms with van der Waals surface area (Å²) in [6.45, 7) is 4.74. The Labute approximate surface area is 181 Å². The van der Waals surface area contributed by atoms with Crippen molar-refractivity contribution in [3.8, 4) is 0 Å². The minimum absolute atomic E-state index is 0.0551. The lowest BCUT2D eigenvalue weighted by atomic mass is 9.97. The van der Waals surface area contributed by atoms with Gasteiger partial charge in [-0.1, -0.05) is 18.2 Å². The lowest BCUT2D eigenvalue weighted by Gasteiger charge is -2.10. The number of fused-ring (bicyclic) bond motifs is 1. The van der Waals surface area contributed by atoms with Crippen molar-refractivity contribution >= 4 is 22.8 Å². The summed E-state index contributed by atoms with van der Waals surface area (Å²) < 4.78 is 40.7. The second-order valence-corrected chi connectivity index (χ2v) is 7.72. The molecule has 0 radical (unpaired) electrons. The van der Waals surface area contributed by atoms with Crippen LogP contribution in [0.1, 0.15) is 33.8 Å². The SMILES string of the molecule is C=CCn1/c(=N/C(=O)c2cccc(C(F)(F)F)c2)[nH]c2cc(C3CCN(C)C3=O)ccc21. The molecule has 0 bridgehead atoms. The third-order valence-electron chi connectivity index (χ3n) is 5.60. The van der Waals surface area contributed by atoms with Crippen LogP contribution >= 0.6 is 0 Å². The van der Waals surface area contributed by atoms with Gasteiger partial charge in [0, 0.05) is 25.7 Å². The molecule has 1 unspecified atom stereocenters. The second-order valence-electron chi connectivity index (χ2n) is 7.72. The molecule has 4 rings (SSSR count). The van der Waals surface area contributed by atoms with Crippen LogP contribution in [0.15, 0.2) is 60.1 Å². The summed E-state index contributed by atoms with van der Waals surface area (Å²) in [6.07, 6.45) is -2.20. The number of hydrogen-bond donors (Lipinski definition) is 1. The quantitative estimate of drug-likeness (QED) is 0.624. The number of nitrogens with zero attached hydrogens (tertiary/aromatic N) is 3. The number of benzene rings is 2. The highest BCUT2D eigenvalue weighted by Crippen LogP contribution is 2.30. The van der Waals surface area contributed by atoms with Crippen LogP contribution in [0.25, 0.3) is 11.0 Å². The number of likely N-dealkylation sites (tertiary alicyclic amines) is 1. The lowest BCUT2D eigenvalue weighted by molar-refractivity contribution is -0.137. The molecule has 3 aromatic rings. The van der Waals surface area contributed by atoms with Gasteiger partial charge in [-0.2, -0.15) is 18.2 Å². The molecule has 2 amide bonds. The number of nitrogens with one attached hydrogen (secondary N) is 1. The first-order valence-corrected chi connectivity index (χ1v) is 10.0. The Morgan fingerprint density at radius 3 is 2.72 bits per heavy atom. The summed E-state index contributed by atoms with van der Waals surface area (Å²) in [7, 11) is 1.77. The zero-order valence-electron chi connectivity index (χ0n) is 17.3. The monoisotopic (exact) mass is 442 g/mol. The molecular weight excluding hydrogens is 421 g/mol. The van der Waals surface area contributed by atoms with Crippen molar-refractivity contribution in [2.24, 2.45) is 4.99 Å². The second kappa shape index (κ2) is 8.14. The fourth-order valence-electron chi connectivity index (χ4n) is 3.93. The number of amides is 2. The van der Waals surface area contributed by atoms with Crippen LogP contribution in [0.2, 0.25) is 0 Å². The van der Waals surface area contributed by atoms with Crippen molar-refractivity contribution in [1.29, 1.82) is 0 Å². The molecule has 1 aliphatic rings. The molecule has 1 aromatic heterocycles. The Morgan fingerprint density at radius 1 is 1.28 bits per heavy atom. The standard InChI is InChI=1S/C23H21F3N4O2/c1-3-10-30-19-8-7-14(17-9-11-29(2)21(17)32)13-18(19)27-22(30)28-20(31)15-5-4-6-16(12-15)23(24,25)26/h3-8,12-13,17H,1,9-11H2,2H3,(H,27,28,31). The van der Waals surface area contributed by atoms with E-state index in [9.17, 15) is 22.8 Å². The van der Waals surface area contributed by atoms with E-state index in [2.05, 4.69) is 16.6 Å². The normalized spacial score (nSPS) is 17.4. The fourth-order valence-corrected chi connectivity index (χ4v) is 3.93. The average molecular weight is 442 g/mol. The highest BCUT2D eigenvalue weighted by atomic mass is 19.4. The van der Waals surface area contributed by atoms with E-state index in [1.807, 2.05) is 18.2 Å². The fraction of sp³-hybridized carbons (Fsp3) is 0.261. The number of aromatic nitrogens is 2. The molecule has 1 N–H and O–H groups in total. The van der Waals surface area contributed by atoms with E-state index in [1.165, 1.54) is 12.1 Å². The third kappa shape index (κ3) is 3.98. The van der Waals surface area contributed by atoms with Crippen molar-refractivity contribution in [2.45, 2.75) is 25.1 Å². The summed E-state index contributed by atoms with van der Waals surface area (Å²) in [5.41, 5.74) is 1.38. The van der Waals surface area contributed by atoms with Gasteiger partial charge in [0.2, 0.25) is 11.5 Å². The van der Waals surface area contributed by atoms with Crippen LogP contribution in [0.3, 0.4) is 0 Å². The topological polar surface area (TPSA) is 70.5 Å². The van der Waals surface area contributed by atoms with Crippen molar-refractivity contribution in [1.82, 2.24) is 14.5 Å². The maximum absolute atomic E-state index is 13.0. The van der Waals surface area contributed by atoms with Crippen molar-refractivity contribution in [3.05, 3.63) is 77.4 Å². The summed E-state index contributed by atoms with van der Waals surface area (Å²) >= 11 is 0. The van der Waals surface area contributed by atoms with E-state index in [4.69, 9.17) is 0 Å². The molecule has 2 aromatic carbocycles. The summed E-state index contributed by atoms with van der Waals surface area (Å²) in [5, 5.41) is 0. The van der Waals surface area contributed by atoms with Gasteiger partial charge >= 0.3 is 6.18 Å². The van der Waals surface area contributed by atoms with Gasteiger partial charge in [-0.15, -0.1) is 6.58 Å². The summed E-state index contributed by atoms with van der Waals surface area (Å²) in [5.74, 6) is -0.972. The van der Waals surface area contributed by atoms with E-state index < -0.39 is 17.6 Å². The first-order chi connectivity index (χ1) is 15.2. The predicted octanol–water partition coefficient (Wildman–Crippen LogP) is 3.86. The largest absolute Gasteiger partial charge is 0.416 e. The molecule has 0 spiro atoms. The smallest absolute Gasteiger partial charge is 0.345 e. The van der Waals surface area contributed by atoms with E-state index in [-0.39, 0.29) is 23.0 Å². The molecule has 2 heterocycles. The highest BCUT2D eigenvalue weighted by molar-refractivity contribution is 5.95.